The number of benzene rings is 2. The number of aromatic nitrogens is 1. The van der Waals surface area contributed by atoms with Crippen molar-refractivity contribution in [2.45, 2.75) is 13.0 Å². The van der Waals surface area contributed by atoms with E-state index in [1.807, 2.05) is 16.7 Å². The third kappa shape index (κ3) is 2.21. The molecule has 1 aromatic heterocycles. The molecule has 1 aliphatic heterocycles. The predicted octanol–water partition coefficient (Wildman–Crippen LogP) is 2.95. The van der Waals surface area contributed by atoms with Crippen molar-refractivity contribution in [3.05, 3.63) is 75.8 Å². The normalized spacial score (nSPS) is 12.6. The summed E-state index contributed by atoms with van der Waals surface area (Å²) in [5, 5.41) is 3.20. The number of nitrogens with one attached hydrogen (secondary N) is 1. The van der Waals surface area contributed by atoms with E-state index in [9.17, 15) is 14.0 Å². The summed E-state index contributed by atoms with van der Waals surface area (Å²) >= 11 is 0. The van der Waals surface area contributed by atoms with Gasteiger partial charge in [-0.3, -0.25) is 9.59 Å². The Morgan fingerprint density at radius 2 is 1.91 bits per heavy atom. The summed E-state index contributed by atoms with van der Waals surface area (Å²) < 4.78 is 14.9. The highest BCUT2D eigenvalue weighted by atomic mass is 19.1. The van der Waals surface area contributed by atoms with Crippen LogP contribution in [-0.4, -0.2) is 10.5 Å². The van der Waals surface area contributed by atoms with Gasteiger partial charge in [0.15, 0.2) is 0 Å². The zero-order valence-corrected chi connectivity index (χ0v) is 12.2. The molecule has 4 rings (SSSR count). The number of pyridine rings is 1. The highest BCUT2D eigenvalue weighted by molar-refractivity contribution is 6.06. The molecule has 23 heavy (non-hydrogen) atoms. The van der Waals surface area contributed by atoms with E-state index in [-0.39, 0.29) is 16.8 Å². The van der Waals surface area contributed by atoms with Crippen LogP contribution in [0.15, 0.2) is 53.5 Å². The summed E-state index contributed by atoms with van der Waals surface area (Å²) in [5.74, 6) is -0.862. The minimum Gasteiger partial charge on any atom is -0.346 e. The maximum Gasteiger partial charge on any atom is 0.261 e. The highest BCUT2D eigenvalue weighted by Gasteiger charge is 2.20. The van der Waals surface area contributed by atoms with Gasteiger partial charge in [0.05, 0.1) is 5.52 Å². The van der Waals surface area contributed by atoms with Crippen molar-refractivity contribution in [3.8, 4) is 0 Å². The number of carbonyl (C=O) groups excluding carboxylic acids is 1. The van der Waals surface area contributed by atoms with Gasteiger partial charge in [0.1, 0.15) is 11.4 Å². The zero-order valence-electron chi connectivity index (χ0n) is 12.2. The maximum absolute atomic E-state index is 12.9. The van der Waals surface area contributed by atoms with Crippen LogP contribution in [0.5, 0.6) is 0 Å². The van der Waals surface area contributed by atoms with Gasteiger partial charge in [0.25, 0.3) is 5.91 Å². The van der Waals surface area contributed by atoms with Gasteiger partial charge < -0.3 is 9.88 Å². The van der Waals surface area contributed by atoms with E-state index in [2.05, 4.69) is 5.32 Å². The third-order valence-corrected chi connectivity index (χ3v) is 4.15. The fourth-order valence-corrected chi connectivity index (χ4v) is 3.05. The molecule has 1 aliphatic rings. The molecule has 0 bridgehead atoms. The fraction of sp³-hybridized carbons (Fsp3) is 0.111. The largest absolute Gasteiger partial charge is 0.346 e. The van der Waals surface area contributed by atoms with Crippen LogP contribution in [0, 0.1) is 5.82 Å². The molecule has 2 heterocycles. The smallest absolute Gasteiger partial charge is 0.261 e. The van der Waals surface area contributed by atoms with Crippen molar-refractivity contribution < 1.29 is 9.18 Å². The Kier molecular flexibility index (Phi) is 3.01. The van der Waals surface area contributed by atoms with Gasteiger partial charge in [0, 0.05) is 23.8 Å². The molecule has 0 unspecified atom stereocenters. The van der Waals surface area contributed by atoms with Gasteiger partial charge >= 0.3 is 0 Å². The van der Waals surface area contributed by atoms with Crippen LogP contribution in [0.25, 0.3) is 10.9 Å². The van der Waals surface area contributed by atoms with E-state index in [1.165, 1.54) is 24.3 Å². The fourth-order valence-electron chi connectivity index (χ4n) is 3.05. The number of aryl methyl sites for hydroxylation is 2. The number of halogens is 1. The van der Waals surface area contributed by atoms with Crippen LogP contribution in [0.4, 0.5) is 10.1 Å². The SMILES string of the molecule is O=C(Nc1ccc(F)cc1)c1cn2c3c(cccc3c1=O)CC2. The quantitative estimate of drug-likeness (QED) is 0.791. The number of nitrogens with zero attached hydrogens (tertiary/aromatic N) is 1. The Hall–Kier alpha value is -2.95. The molecule has 4 nitrogen and oxygen atoms in total. The zero-order chi connectivity index (χ0) is 16.0. The lowest BCUT2D eigenvalue weighted by atomic mass is 10.1. The van der Waals surface area contributed by atoms with Crippen LogP contribution in [0.3, 0.4) is 0 Å². The number of hydrogen-bond donors (Lipinski definition) is 1. The van der Waals surface area contributed by atoms with Crippen molar-refractivity contribution in [1.29, 1.82) is 0 Å². The van der Waals surface area contributed by atoms with Crippen molar-refractivity contribution in [1.82, 2.24) is 4.57 Å². The molecule has 3 aromatic rings. The van der Waals surface area contributed by atoms with Crippen molar-refractivity contribution in [2.75, 3.05) is 5.32 Å². The van der Waals surface area contributed by atoms with Gasteiger partial charge in [-0.15, -0.1) is 0 Å². The summed E-state index contributed by atoms with van der Waals surface area (Å²) in [6.07, 6.45) is 2.47. The molecule has 0 saturated carbocycles. The number of rotatable bonds is 2. The summed E-state index contributed by atoms with van der Waals surface area (Å²) in [5.41, 5.74) is 2.31. The van der Waals surface area contributed by atoms with Crippen LogP contribution >= 0.6 is 0 Å². The van der Waals surface area contributed by atoms with Crippen LogP contribution in [0.2, 0.25) is 0 Å². The first-order valence-electron chi connectivity index (χ1n) is 7.35. The topological polar surface area (TPSA) is 51.1 Å². The first kappa shape index (κ1) is 13.7. The molecule has 0 aliphatic carbocycles. The lowest BCUT2D eigenvalue weighted by Crippen LogP contribution is -2.23. The van der Waals surface area contributed by atoms with Crippen LogP contribution < -0.4 is 10.7 Å². The van der Waals surface area contributed by atoms with Gasteiger partial charge in [-0.05, 0) is 42.3 Å². The van der Waals surface area contributed by atoms with Gasteiger partial charge in [0.2, 0.25) is 5.43 Å². The number of anilines is 1. The summed E-state index contributed by atoms with van der Waals surface area (Å²) in [7, 11) is 0. The first-order valence-corrected chi connectivity index (χ1v) is 7.35. The second kappa shape index (κ2) is 5.05. The highest BCUT2D eigenvalue weighted by Crippen LogP contribution is 2.24. The number of hydrogen-bond acceptors (Lipinski definition) is 2. The van der Waals surface area contributed by atoms with Gasteiger partial charge in [-0.1, -0.05) is 12.1 Å². The van der Waals surface area contributed by atoms with Gasteiger partial charge in [-0.25, -0.2) is 4.39 Å². The predicted molar refractivity (Wildman–Crippen MR) is 86.3 cm³/mol. The number of amides is 1. The second-order valence-electron chi connectivity index (χ2n) is 5.59. The summed E-state index contributed by atoms with van der Waals surface area (Å²) in [6, 6.07) is 11.0. The standard InChI is InChI=1S/C18H13FN2O2/c19-12-4-6-13(7-5-12)20-18(23)15-10-21-9-8-11-2-1-3-14(16(11)21)17(15)22/h1-7,10H,8-9H2,(H,20,23). The minimum atomic E-state index is -0.482. The Morgan fingerprint density at radius 3 is 2.70 bits per heavy atom. The minimum absolute atomic E-state index is 0.0980. The molecule has 0 saturated heterocycles. The molecular weight excluding hydrogens is 295 g/mol. The van der Waals surface area contributed by atoms with E-state index < -0.39 is 5.91 Å². The molecule has 0 fully saturated rings. The van der Waals surface area contributed by atoms with Gasteiger partial charge in [-0.2, -0.15) is 0 Å². The van der Waals surface area contributed by atoms with Crippen LogP contribution in [-0.2, 0) is 13.0 Å². The summed E-state index contributed by atoms with van der Waals surface area (Å²) in [4.78, 5) is 25.0. The number of carbonyl (C=O) groups is 1. The van der Waals surface area contributed by atoms with E-state index in [4.69, 9.17) is 0 Å². The van der Waals surface area contributed by atoms with Crippen LogP contribution in [0.1, 0.15) is 15.9 Å². The Morgan fingerprint density at radius 1 is 1.13 bits per heavy atom. The Labute approximate surface area is 131 Å². The van der Waals surface area contributed by atoms with E-state index in [0.29, 0.717) is 11.1 Å². The van der Waals surface area contributed by atoms with E-state index in [1.54, 1.807) is 12.3 Å². The number of para-hydroxylation sites is 1. The monoisotopic (exact) mass is 308 g/mol. The lowest BCUT2D eigenvalue weighted by Gasteiger charge is -2.09. The molecule has 1 N–H and O–H groups in total. The molecule has 0 atom stereocenters. The molecule has 114 valence electrons. The van der Waals surface area contributed by atoms with Crippen molar-refractivity contribution >= 4 is 22.5 Å². The Balaban J connectivity index is 1.78. The van der Waals surface area contributed by atoms with E-state index in [0.717, 1.165) is 24.0 Å². The molecular formula is C18H13FN2O2. The molecule has 0 radical (unpaired) electrons. The molecule has 1 amide bonds. The van der Waals surface area contributed by atoms with Crippen molar-refractivity contribution in [3.63, 3.8) is 0 Å². The molecule has 5 heteroatoms. The third-order valence-electron chi connectivity index (χ3n) is 4.15. The molecule has 2 aromatic carbocycles. The molecule has 0 spiro atoms. The van der Waals surface area contributed by atoms with E-state index >= 15 is 0 Å². The lowest BCUT2D eigenvalue weighted by molar-refractivity contribution is 0.102. The second-order valence-corrected chi connectivity index (χ2v) is 5.59. The van der Waals surface area contributed by atoms with Crippen molar-refractivity contribution in [2.24, 2.45) is 0 Å². The average Bonchev–Trinajstić information content (AvgIpc) is 2.97. The first-order chi connectivity index (χ1) is 11.1. The maximum atomic E-state index is 12.9. The Bertz CT molecular complexity index is 990. The summed E-state index contributed by atoms with van der Waals surface area (Å²) in [6.45, 7) is 0.757. The average molecular weight is 308 g/mol.